The highest BCUT2D eigenvalue weighted by Crippen LogP contribution is 2.31. The van der Waals surface area contributed by atoms with Crippen molar-refractivity contribution in [2.45, 2.75) is 38.1 Å². The molecule has 1 aliphatic heterocycles. The molecular formula is C12H18N2O4. The Hall–Kier alpha value is -1.59. The van der Waals surface area contributed by atoms with Crippen LogP contribution in [0.2, 0.25) is 0 Å². The Balaban J connectivity index is 1.79. The van der Waals surface area contributed by atoms with Crippen molar-refractivity contribution in [2.75, 3.05) is 6.54 Å². The average Bonchev–Trinajstić information content (AvgIpc) is 2.94. The second-order valence-electron chi connectivity index (χ2n) is 5.04. The molecule has 100 valence electrons. The van der Waals surface area contributed by atoms with E-state index in [0.717, 1.165) is 12.8 Å². The minimum Gasteiger partial charge on any atom is -0.481 e. The lowest BCUT2D eigenvalue weighted by Gasteiger charge is -2.18. The van der Waals surface area contributed by atoms with Gasteiger partial charge in [-0.3, -0.25) is 14.4 Å². The molecule has 6 heteroatoms. The largest absolute Gasteiger partial charge is 0.481 e. The van der Waals surface area contributed by atoms with Gasteiger partial charge in [0.25, 0.3) is 0 Å². The minimum atomic E-state index is -0.777. The Bertz CT molecular complexity index is 369. The van der Waals surface area contributed by atoms with Crippen molar-refractivity contribution in [3.63, 3.8) is 0 Å². The van der Waals surface area contributed by atoms with Crippen molar-refractivity contribution >= 4 is 17.8 Å². The van der Waals surface area contributed by atoms with Crippen molar-refractivity contribution in [1.82, 2.24) is 10.6 Å². The summed E-state index contributed by atoms with van der Waals surface area (Å²) in [5.41, 5.74) is 0. The van der Waals surface area contributed by atoms with Crippen LogP contribution in [0.4, 0.5) is 0 Å². The number of rotatable bonds is 4. The number of carboxylic acid groups (broad SMARTS) is 1. The van der Waals surface area contributed by atoms with E-state index in [-0.39, 0.29) is 23.7 Å². The molecule has 2 rings (SSSR count). The molecule has 2 unspecified atom stereocenters. The van der Waals surface area contributed by atoms with Gasteiger partial charge in [-0.05, 0) is 25.2 Å². The van der Waals surface area contributed by atoms with E-state index in [1.165, 1.54) is 0 Å². The molecule has 3 atom stereocenters. The van der Waals surface area contributed by atoms with Crippen molar-refractivity contribution in [3.05, 3.63) is 0 Å². The predicted molar refractivity (Wildman–Crippen MR) is 62.6 cm³/mol. The Labute approximate surface area is 105 Å². The van der Waals surface area contributed by atoms with Gasteiger partial charge >= 0.3 is 5.97 Å². The van der Waals surface area contributed by atoms with Crippen LogP contribution in [0, 0.1) is 11.8 Å². The number of nitrogens with one attached hydrogen (secondary N) is 2. The standard InChI is InChI=1S/C12H18N2O4/c15-10-5-4-9(14-10)11(16)13-6-7-2-1-3-8(7)12(17)18/h7-9H,1-6H2,(H,13,16)(H,14,15)(H,17,18)/t7?,8?,9-/m0/s1. The van der Waals surface area contributed by atoms with E-state index in [1.54, 1.807) is 0 Å². The van der Waals surface area contributed by atoms with Crippen molar-refractivity contribution in [3.8, 4) is 0 Å². The van der Waals surface area contributed by atoms with Crippen LogP contribution in [0.5, 0.6) is 0 Å². The maximum atomic E-state index is 11.8. The van der Waals surface area contributed by atoms with E-state index < -0.39 is 12.0 Å². The number of aliphatic carboxylic acids is 1. The zero-order valence-electron chi connectivity index (χ0n) is 10.1. The third kappa shape index (κ3) is 2.80. The number of amides is 2. The molecule has 0 bridgehead atoms. The summed E-state index contributed by atoms with van der Waals surface area (Å²) in [5.74, 6) is -1.40. The zero-order chi connectivity index (χ0) is 13.1. The fourth-order valence-electron chi connectivity index (χ4n) is 2.77. The lowest BCUT2D eigenvalue weighted by atomic mass is 9.96. The lowest BCUT2D eigenvalue weighted by Crippen LogP contribution is -2.44. The topological polar surface area (TPSA) is 95.5 Å². The normalized spacial score (nSPS) is 31.1. The van der Waals surface area contributed by atoms with Crippen molar-refractivity contribution in [1.29, 1.82) is 0 Å². The molecule has 0 spiro atoms. The Morgan fingerprint density at radius 1 is 1.33 bits per heavy atom. The van der Waals surface area contributed by atoms with Gasteiger partial charge in [0, 0.05) is 13.0 Å². The molecule has 0 aromatic heterocycles. The molecule has 0 radical (unpaired) electrons. The first kappa shape index (κ1) is 12.9. The van der Waals surface area contributed by atoms with Crippen LogP contribution < -0.4 is 10.6 Å². The average molecular weight is 254 g/mol. The smallest absolute Gasteiger partial charge is 0.306 e. The van der Waals surface area contributed by atoms with Crippen LogP contribution in [0.3, 0.4) is 0 Å². The maximum absolute atomic E-state index is 11.8. The molecule has 1 heterocycles. The molecule has 2 fully saturated rings. The van der Waals surface area contributed by atoms with E-state index in [1.807, 2.05) is 0 Å². The van der Waals surface area contributed by atoms with Gasteiger partial charge in [0.15, 0.2) is 0 Å². The summed E-state index contributed by atoms with van der Waals surface area (Å²) in [5, 5.41) is 14.4. The van der Waals surface area contributed by atoms with Gasteiger partial charge in [0.1, 0.15) is 6.04 Å². The molecule has 0 aromatic rings. The molecular weight excluding hydrogens is 236 g/mol. The molecule has 1 saturated carbocycles. The Morgan fingerprint density at radius 2 is 2.11 bits per heavy atom. The first-order valence-corrected chi connectivity index (χ1v) is 6.38. The SMILES string of the molecule is O=C1CC[C@@H](C(=O)NCC2CCCC2C(=O)O)N1. The van der Waals surface area contributed by atoms with Crippen LogP contribution in [0.25, 0.3) is 0 Å². The second-order valence-corrected chi connectivity index (χ2v) is 5.04. The minimum absolute atomic E-state index is 0.0172. The highest BCUT2D eigenvalue weighted by Gasteiger charge is 2.34. The second kappa shape index (κ2) is 5.37. The summed E-state index contributed by atoms with van der Waals surface area (Å²) >= 11 is 0. The van der Waals surface area contributed by atoms with Crippen LogP contribution in [-0.2, 0) is 14.4 Å². The van der Waals surface area contributed by atoms with Crippen LogP contribution in [0.15, 0.2) is 0 Å². The van der Waals surface area contributed by atoms with Gasteiger partial charge in [-0.15, -0.1) is 0 Å². The van der Waals surface area contributed by atoms with Crippen molar-refractivity contribution < 1.29 is 19.5 Å². The summed E-state index contributed by atoms with van der Waals surface area (Å²) in [6.45, 7) is 0.391. The summed E-state index contributed by atoms with van der Waals surface area (Å²) in [6.07, 6.45) is 3.35. The molecule has 0 aromatic carbocycles. The van der Waals surface area contributed by atoms with Crippen LogP contribution >= 0.6 is 0 Å². The first-order chi connectivity index (χ1) is 8.58. The zero-order valence-corrected chi connectivity index (χ0v) is 10.1. The number of carbonyl (C=O) groups excluding carboxylic acids is 2. The van der Waals surface area contributed by atoms with Crippen LogP contribution in [0.1, 0.15) is 32.1 Å². The predicted octanol–water partition coefficient (Wildman–Crippen LogP) is -0.118. The van der Waals surface area contributed by atoms with Crippen LogP contribution in [-0.4, -0.2) is 35.5 Å². The fourth-order valence-corrected chi connectivity index (χ4v) is 2.77. The van der Waals surface area contributed by atoms with Gasteiger partial charge in [-0.1, -0.05) is 6.42 Å². The van der Waals surface area contributed by atoms with Gasteiger partial charge in [-0.2, -0.15) is 0 Å². The highest BCUT2D eigenvalue weighted by molar-refractivity contribution is 5.90. The van der Waals surface area contributed by atoms with E-state index in [4.69, 9.17) is 5.11 Å². The number of carbonyl (C=O) groups is 3. The number of carboxylic acids is 1. The van der Waals surface area contributed by atoms with E-state index in [9.17, 15) is 14.4 Å². The molecule has 3 N–H and O–H groups in total. The fraction of sp³-hybridized carbons (Fsp3) is 0.750. The molecule has 1 saturated heterocycles. The molecule has 18 heavy (non-hydrogen) atoms. The van der Waals surface area contributed by atoms with E-state index in [2.05, 4.69) is 10.6 Å². The van der Waals surface area contributed by atoms with E-state index >= 15 is 0 Å². The number of hydrogen-bond acceptors (Lipinski definition) is 3. The van der Waals surface area contributed by atoms with Gasteiger partial charge in [0.05, 0.1) is 5.92 Å². The van der Waals surface area contributed by atoms with Gasteiger partial charge < -0.3 is 15.7 Å². The van der Waals surface area contributed by atoms with Gasteiger partial charge in [-0.25, -0.2) is 0 Å². The summed E-state index contributed by atoms with van der Waals surface area (Å²) < 4.78 is 0. The lowest BCUT2D eigenvalue weighted by molar-refractivity contribution is -0.143. The van der Waals surface area contributed by atoms with Crippen molar-refractivity contribution in [2.24, 2.45) is 11.8 Å². The first-order valence-electron chi connectivity index (χ1n) is 6.38. The molecule has 1 aliphatic carbocycles. The summed E-state index contributed by atoms with van der Waals surface area (Å²) in [7, 11) is 0. The quantitative estimate of drug-likeness (QED) is 0.652. The maximum Gasteiger partial charge on any atom is 0.306 e. The summed E-state index contributed by atoms with van der Waals surface area (Å²) in [6, 6.07) is -0.442. The van der Waals surface area contributed by atoms with Gasteiger partial charge in [0.2, 0.25) is 11.8 Å². The Morgan fingerprint density at radius 3 is 2.72 bits per heavy atom. The molecule has 2 aliphatic rings. The highest BCUT2D eigenvalue weighted by atomic mass is 16.4. The monoisotopic (exact) mass is 254 g/mol. The molecule has 2 amide bonds. The number of hydrogen-bond donors (Lipinski definition) is 3. The third-order valence-corrected chi connectivity index (χ3v) is 3.83. The van der Waals surface area contributed by atoms with E-state index in [0.29, 0.717) is 25.8 Å². The third-order valence-electron chi connectivity index (χ3n) is 3.83. The Kier molecular flexibility index (Phi) is 3.84. The molecule has 6 nitrogen and oxygen atoms in total. The summed E-state index contributed by atoms with van der Waals surface area (Å²) in [4.78, 5) is 33.7.